The molecule has 2 fully saturated rings. The van der Waals surface area contributed by atoms with Gasteiger partial charge in [-0.25, -0.2) is 0 Å². The Kier molecular flexibility index (Phi) is 9.47. The zero-order chi connectivity index (χ0) is 26.7. The third-order valence-corrected chi connectivity index (χ3v) is 10.9. The molecule has 4 unspecified atom stereocenters. The molecule has 4 rings (SSSR count). The number of rotatable bonds is 12. The number of fused-ring (bicyclic) bond motifs is 5. The molecule has 8 atom stereocenters. The minimum absolute atomic E-state index is 0.0300. The first-order valence-corrected chi connectivity index (χ1v) is 15.7. The number of aliphatic hydroxyl groups is 1. The maximum atomic E-state index is 13.9. The van der Waals surface area contributed by atoms with Gasteiger partial charge in [0, 0.05) is 11.5 Å². The van der Waals surface area contributed by atoms with Gasteiger partial charge in [0.05, 0.1) is 6.10 Å². The van der Waals surface area contributed by atoms with Crippen molar-refractivity contribution in [1.29, 1.82) is 0 Å². The summed E-state index contributed by atoms with van der Waals surface area (Å²) in [6.07, 6.45) is 15.1. The molecule has 1 aromatic carbocycles. The highest BCUT2D eigenvalue weighted by atomic mass is 16.3. The van der Waals surface area contributed by atoms with Crippen LogP contribution >= 0.6 is 0 Å². The molecule has 0 saturated heterocycles. The molecule has 0 bridgehead atoms. The molecule has 0 aliphatic heterocycles. The molecule has 0 radical (unpaired) electrons. The van der Waals surface area contributed by atoms with E-state index >= 15 is 0 Å². The third-order valence-electron chi connectivity index (χ3n) is 10.9. The number of phenolic OH excluding ortho intramolecular Hbond substituents is 1. The van der Waals surface area contributed by atoms with Gasteiger partial charge in [-0.2, -0.15) is 0 Å². The molecule has 1 aromatic rings. The van der Waals surface area contributed by atoms with E-state index in [-0.39, 0.29) is 29.0 Å². The Bertz CT molecular complexity index is 906. The lowest BCUT2D eigenvalue weighted by Gasteiger charge is -2.52. The molecular formula is C34H54O3. The predicted octanol–water partition coefficient (Wildman–Crippen LogP) is 8.91. The first-order chi connectivity index (χ1) is 17.6. The van der Waals surface area contributed by atoms with E-state index in [9.17, 15) is 15.0 Å². The number of carbonyl (C=O) groups excluding carboxylic acids is 1. The number of hydrogen-bond donors (Lipinski definition) is 2. The third kappa shape index (κ3) is 6.29. The zero-order valence-corrected chi connectivity index (χ0v) is 24.3. The molecule has 3 nitrogen and oxygen atoms in total. The van der Waals surface area contributed by atoms with E-state index in [1.54, 1.807) is 12.1 Å². The average molecular weight is 511 g/mol. The highest BCUT2D eigenvalue weighted by Gasteiger charge is 2.58. The van der Waals surface area contributed by atoms with Crippen LogP contribution in [0.2, 0.25) is 0 Å². The minimum Gasteiger partial charge on any atom is -0.508 e. The monoisotopic (exact) mass is 510 g/mol. The molecule has 2 saturated carbocycles. The van der Waals surface area contributed by atoms with Crippen LogP contribution in [0.1, 0.15) is 140 Å². The van der Waals surface area contributed by atoms with Gasteiger partial charge in [0.2, 0.25) is 0 Å². The van der Waals surface area contributed by atoms with Crippen molar-refractivity contribution < 1.29 is 15.0 Å². The van der Waals surface area contributed by atoms with Crippen LogP contribution in [-0.4, -0.2) is 22.1 Å². The Balaban J connectivity index is 1.35. The van der Waals surface area contributed by atoms with E-state index in [0.717, 1.165) is 61.5 Å². The van der Waals surface area contributed by atoms with Crippen molar-refractivity contribution in [2.75, 3.05) is 0 Å². The number of Topliss-reactive ketones (excluding diaryl/α,β-unsaturated/α-hetero) is 1. The number of benzene rings is 1. The van der Waals surface area contributed by atoms with Gasteiger partial charge in [0.1, 0.15) is 5.75 Å². The van der Waals surface area contributed by atoms with Crippen molar-refractivity contribution in [2.45, 2.75) is 130 Å². The van der Waals surface area contributed by atoms with Crippen LogP contribution in [0.25, 0.3) is 0 Å². The molecular weight excluding hydrogens is 456 g/mol. The predicted molar refractivity (Wildman–Crippen MR) is 153 cm³/mol. The molecule has 0 aromatic heterocycles. The van der Waals surface area contributed by atoms with Crippen molar-refractivity contribution in [3.8, 4) is 5.75 Å². The van der Waals surface area contributed by atoms with Crippen molar-refractivity contribution in [1.82, 2.24) is 0 Å². The van der Waals surface area contributed by atoms with Crippen LogP contribution in [-0.2, 0) is 0 Å². The van der Waals surface area contributed by atoms with Gasteiger partial charge in [0.15, 0.2) is 5.78 Å². The summed E-state index contributed by atoms with van der Waals surface area (Å²) in [5.41, 5.74) is 1.88. The Hall–Kier alpha value is -1.35. The summed E-state index contributed by atoms with van der Waals surface area (Å²) < 4.78 is 0. The summed E-state index contributed by atoms with van der Waals surface area (Å²) in [5, 5.41) is 21.1. The number of hydrogen-bond acceptors (Lipinski definition) is 3. The van der Waals surface area contributed by atoms with E-state index in [2.05, 4.69) is 34.6 Å². The number of aromatic hydroxyl groups is 1. The quantitative estimate of drug-likeness (QED) is 0.295. The maximum absolute atomic E-state index is 13.9. The molecule has 208 valence electrons. The van der Waals surface area contributed by atoms with Crippen molar-refractivity contribution in [3.63, 3.8) is 0 Å². The normalized spacial score (nSPS) is 32.6. The van der Waals surface area contributed by atoms with Gasteiger partial charge in [-0.15, -0.1) is 0 Å². The Morgan fingerprint density at radius 3 is 2.24 bits per heavy atom. The molecule has 3 aliphatic rings. The standard InChI is InChI=1S/C34H54O3/c1-22(2)9-6-10-23(3)11-7-12-24(4)13-8-14-28-32-27(19-20-34(5)30(32)17-18-31(34)36)26-16-15-25(35)21-29(26)33(28)37/h15-16,21-24,27-28,30-32,35-36H,6-14,17-20H2,1-5H3/t23-,24-,27?,28?,30?,31+,32?,34+/m1/s1. The fourth-order valence-corrected chi connectivity index (χ4v) is 8.53. The second-order valence-corrected chi connectivity index (χ2v) is 14.1. The fraction of sp³-hybridized carbons (Fsp3) is 0.794. The first-order valence-electron chi connectivity index (χ1n) is 15.7. The Morgan fingerprint density at radius 1 is 0.919 bits per heavy atom. The summed E-state index contributed by atoms with van der Waals surface area (Å²) in [7, 11) is 0. The van der Waals surface area contributed by atoms with Crippen LogP contribution < -0.4 is 0 Å². The second kappa shape index (κ2) is 12.2. The Labute approximate surface area is 226 Å². The summed E-state index contributed by atoms with van der Waals surface area (Å²) >= 11 is 0. The van der Waals surface area contributed by atoms with Gasteiger partial charge < -0.3 is 10.2 Å². The zero-order valence-electron chi connectivity index (χ0n) is 24.3. The van der Waals surface area contributed by atoms with Crippen LogP contribution in [0.5, 0.6) is 5.75 Å². The molecule has 0 heterocycles. The maximum Gasteiger partial charge on any atom is 0.166 e. The molecule has 0 amide bonds. The number of phenols is 1. The van der Waals surface area contributed by atoms with Crippen LogP contribution in [0.3, 0.4) is 0 Å². The van der Waals surface area contributed by atoms with Gasteiger partial charge in [0.25, 0.3) is 0 Å². The van der Waals surface area contributed by atoms with E-state index in [0.29, 0.717) is 23.7 Å². The smallest absolute Gasteiger partial charge is 0.166 e. The topological polar surface area (TPSA) is 57.5 Å². The van der Waals surface area contributed by atoms with E-state index in [1.807, 2.05) is 6.07 Å². The van der Waals surface area contributed by atoms with E-state index < -0.39 is 0 Å². The largest absolute Gasteiger partial charge is 0.508 e. The van der Waals surface area contributed by atoms with Crippen molar-refractivity contribution in [2.24, 2.45) is 40.9 Å². The van der Waals surface area contributed by atoms with E-state index in [1.165, 1.54) is 44.9 Å². The summed E-state index contributed by atoms with van der Waals surface area (Å²) in [5.74, 6) is 3.99. The lowest BCUT2D eigenvalue weighted by molar-refractivity contribution is -0.0351. The van der Waals surface area contributed by atoms with Gasteiger partial charge in [-0.3, -0.25) is 4.79 Å². The number of carbonyl (C=O) groups is 1. The van der Waals surface area contributed by atoms with Crippen molar-refractivity contribution >= 4 is 5.78 Å². The van der Waals surface area contributed by atoms with Gasteiger partial charge in [-0.1, -0.05) is 92.1 Å². The summed E-state index contributed by atoms with van der Waals surface area (Å²) in [6.45, 7) is 11.7. The molecule has 2 N–H and O–H groups in total. The van der Waals surface area contributed by atoms with Gasteiger partial charge >= 0.3 is 0 Å². The number of ketones is 1. The van der Waals surface area contributed by atoms with Crippen LogP contribution in [0.4, 0.5) is 0 Å². The molecule has 37 heavy (non-hydrogen) atoms. The molecule has 0 spiro atoms. The lowest BCUT2D eigenvalue weighted by Crippen LogP contribution is -2.49. The SMILES string of the molecule is CC(C)CCC[C@@H](C)CCC[C@@H](C)CCCC1C(=O)c2cc(O)ccc2C2CC[C@@]3(C)C(CC[C@@H]3O)C12. The Morgan fingerprint density at radius 2 is 1.57 bits per heavy atom. The first kappa shape index (κ1) is 28.7. The van der Waals surface area contributed by atoms with Crippen LogP contribution in [0.15, 0.2) is 18.2 Å². The number of aliphatic hydroxyl groups excluding tert-OH is 1. The minimum atomic E-state index is -0.233. The highest BCUT2D eigenvalue weighted by Crippen LogP contribution is 2.62. The van der Waals surface area contributed by atoms with Crippen LogP contribution in [0, 0.1) is 40.9 Å². The van der Waals surface area contributed by atoms with Crippen molar-refractivity contribution in [3.05, 3.63) is 29.3 Å². The lowest BCUT2D eigenvalue weighted by atomic mass is 9.51. The van der Waals surface area contributed by atoms with E-state index in [4.69, 9.17) is 0 Å². The highest BCUT2D eigenvalue weighted by molar-refractivity contribution is 6.01. The summed E-state index contributed by atoms with van der Waals surface area (Å²) in [6, 6.07) is 5.49. The average Bonchev–Trinajstić information content (AvgIpc) is 3.15. The fourth-order valence-electron chi connectivity index (χ4n) is 8.53. The summed E-state index contributed by atoms with van der Waals surface area (Å²) in [4.78, 5) is 13.9. The van der Waals surface area contributed by atoms with Gasteiger partial charge in [-0.05, 0) is 90.7 Å². The second-order valence-electron chi connectivity index (χ2n) is 14.1. The molecule has 3 heteroatoms. The molecule has 3 aliphatic carbocycles.